The van der Waals surface area contributed by atoms with Gasteiger partial charge >= 0.3 is 0 Å². The molecule has 0 aliphatic carbocycles. The second-order valence-corrected chi connectivity index (χ2v) is 6.86. The maximum atomic E-state index is 9.97. The topological polar surface area (TPSA) is 78.3 Å². The number of nitrogens with one attached hydrogen (secondary N) is 2. The summed E-state index contributed by atoms with van der Waals surface area (Å²) in [7, 11) is 0. The van der Waals surface area contributed by atoms with Crippen LogP contribution < -0.4 is 10.0 Å². The van der Waals surface area contributed by atoms with Crippen molar-refractivity contribution in [1.82, 2.24) is 14.9 Å². The molecule has 0 radical (unpaired) electrons. The van der Waals surface area contributed by atoms with E-state index in [1.807, 2.05) is 0 Å². The monoisotopic (exact) mass is 318 g/mol. The number of ether oxygens (including phenoxy) is 2. The van der Waals surface area contributed by atoms with E-state index < -0.39 is 6.10 Å². The lowest BCUT2D eigenvalue weighted by molar-refractivity contribution is 0.00474. The smallest absolute Gasteiger partial charge is 0.177 e. The molecule has 2 aliphatic heterocycles. The summed E-state index contributed by atoms with van der Waals surface area (Å²) in [5.74, 6) is 0.888. The van der Waals surface area contributed by atoms with Crippen LogP contribution in [-0.2, 0) is 9.47 Å². The van der Waals surface area contributed by atoms with Crippen LogP contribution in [-0.4, -0.2) is 73.2 Å². The molecule has 0 aromatic carbocycles. The van der Waals surface area contributed by atoms with Gasteiger partial charge in [-0.25, -0.2) is 4.72 Å². The van der Waals surface area contributed by atoms with Gasteiger partial charge in [0.05, 0.1) is 38.1 Å². The van der Waals surface area contributed by atoms with Crippen LogP contribution in [0.15, 0.2) is 4.40 Å². The van der Waals surface area contributed by atoms with Gasteiger partial charge in [-0.1, -0.05) is 0 Å². The average molecular weight is 318 g/mol. The van der Waals surface area contributed by atoms with Crippen molar-refractivity contribution in [1.29, 1.82) is 0 Å². The van der Waals surface area contributed by atoms with E-state index in [0.717, 1.165) is 18.9 Å². The number of β-amino-alcohol motifs (C(OH)–C–C–N with tert-alkyl or cyclic N) is 1. The second kappa shape index (κ2) is 7.75. The summed E-state index contributed by atoms with van der Waals surface area (Å²) in [5, 5.41) is 13.2. The van der Waals surface area contributed by atoms with Gasteiger partial charge < -0.3 is 24.8 Å². The molecule has 122 valence electrons. The molecule has 8 heteroatoms. The largest absolute Gasteiger partial charge is 0.389 e. The van der Waals surface area contributed by atoms with E-state index in [4.69, 9.17) is 9.47 Å². The molecule has 1 saturated heterocycles. The highest BCUT2D eigenvalue weighted by Gasteiger charge is 2.29. The van der Waals surface area contributed by atoms with Crippen LogP contribution in [0.5, 0.6) is 0 Å². The van der Waals surface area contributed by atoms with Crippen LogP contribution in [0.3, 0.4) is 0 Å². The number of amidine groups is 1. The Morgan fingerprint density at radius 1 is 1.52 bits per heavy atom. The van der Waals surface area contributed by atoms with Gasteiger partial charge in [-0.15, -0.1) is 0 Å². The number of rotatable bonds is 5. The minimum Gasteiger partial charge on any atom is -0.389 e. The summed E-state index contributed by atoms with van der Waals surface area (Å²) in [4.78, 5) is 2.17. The Hall–Kier alpha value is -0.380. The molecular weight excluding hydrogens is 292 g/mol. The van der Waals surface area contributed by atoms with Gasteiger partial charge in [-0.05, 0) is 20.8 Å². The third kappa shape index (κ3) is 5.72. The van der Waals surface area contributed by atoms with Crippen LogP contribution in [0.4, 0.5) is 0 Å². The van der Waals surface area contributed by atoms with Gasteiger partial charge in [0.15, 0.2) is 12.1 Å². The summed E-state index contributed by atoms with van der Waals surface area (Å²) in [6.45, 7) is 10.1. The van der Waals surface area contributed by atoms with Gasteiger partial charge in [-0.3, -0.25) is 0 Å². The SMILES string of the molecule is CC(C)(C)NCC(O)COC1NSN=C1N1CCOCC1. The summed E-state index contributed by atoms with van der Waals surface area (Å²) >= 11 is 1.29. The van der Waals surface area contributed by atoms with E-state index in [1.165, 1.54) is 12.1 Å². The Bertz CT molecular complexity index is 356. The Morgan fingerprint density at radius 2 is 2.24 bits per heavy atom. The van der Waals surface area contributed by atoms with Gasteiger partial charge in [0.1, 0.15) is 0 Å². The van der Waals surface area contributed by atoms with Crippen LogP contribution in [0.1, 0.15) is 20.8 Å². The standard InChI is InChI=1S/C13H26N4O3S/c1-13(2,3)14-8-10(18)9-20-12-11(15-21-16-12)17-4-6-19-7-5-17/h10,12,14,16,18H,4-9H2,1-3H3. The van der Waals surface area contributed by atoms with Crippen molar-refractivity contribution in [2.24, 2.45) is 4.40 Å². The fourth-order valence-electron chi connectivity index (χ4n) is 2.04. The lowest BCUT2D eigenvalue weighted by Gasteiger charge is -2.31. The first kappa shape index (κ1) is 17.0. The molecule has 2 unspecified atom stereocenters. The fourth-order valence-corrected chi connectivity index (χ4v) is 2.66. The Kier molecular flexibility index (Phi) is 6.27. The third-order valence-electron chi connectivity index (χ3n) is 3.19. The molecule has 7 nitrogen and oxygen atoms in total. The predicted octanol–water partition coefficient (Wildman–Crippen LogP) is -0.0248. The normalized spacial score (nSPS) is 25.0. The lowest BCUT2D eigenvalue weighted by atomic mass is 10.1. The molecule has 2 rings (SSSR count). The molecule has 0 spiro atoms. The number of hydrogen-bond donors (Lipinski definition) is 3. The number of aliphatic hydroxyl groups is 1. The first-order valence-electron chi connectivity index (χ1n) is 7.32. The summed E-state index contributed by atoms with van der Waals surface area (Å²) in [5.41, 5.74) is -0.0111. The molecule has 0 saturated carbocycles. The maximum absolute atomic E-state index is 9.97. The Balaban J connectivity index is 1.73. The van der Waals surface area contributed by atoms with Crippen LogP contribution in [0.25, 0.3) is 0 Å². The molecule has 21 heavy (non-hydrogen) atoms. The van der Waals surface area contributed by atoms with Crippen LogP contribution in [0.2, 0.25) is 0 Å². The van der Waals surface area contributed by atoms with E-state index >= 15 is 0 Å². The lowest BCUT2D eigenvalue weighted by Crippen LogP contribution is -2.49. The molecule has 3 N–H and O–H groups in total. The van der Waals surface area contributed by atoms with Crippen molar-refractivity contribution < 1.29 is 14.6 Å². The minimum atomic E-state index is -0.539. The zero-order valence-electron chi connectivity index (χ0n) is 13.0. The van der Waals surface area contributed by atoms with E-state index in [-0.39, 0.29) is 18.4 Å². The summed E-state index contributed by atoms with van der Waals surface area (Å²) in [6, 6.07) is 0. The Morgan fingerprint density at radius 3 is 2.90 bits per heavy atom. The molecule has 2 heterocycles. The molecule has 0 aromatic rings. The average Bonchev–Trinajstić information content (AvgIpc) is 2.91. The van der Waals surface area contributed by atoms with Crippen LogP contribution >= 0.6 is 12.1 Å². The number of morpholine rings is 1. The van der Waals surface area contributed by atoms with Crippen molar-refractivity contribution in [2.45, 2.75) is 38.6 Å². The molecule has 2 atom stereocenters. The van der Waals surface area contributed by atoms with E-state index in [9.17, 15) is 5.11 Å². The zero-order chi connectivity index (χ0) is 15.3. The van der Waals surface area contributed by atoms with E-state index in [0.29, 0.717) is 19.8 Å². The van der Waals surface area contributed by atoms with E-state index in [2.05, 4.69) is 40.1 Å². The van der Waals surface area contributed by atoms with Gasteiger partial charge in [0.25, 0.3) is 0 Å². The van der Waals surface area contributed by atoms with Gasteiger partial charge in [0.2, 0.25) is 0 Å². The number of nitrogens with zero attached hydrogens (tertiary/aromatic N) is 2. The zero-order valence-corrected chi connectivity index (χ0v) is 13.8. The third-order valence-corrected chi connectivity index (χ3v) is 3.79. The number of hydrogen-bond acceptors (Lipinski definition) is 8. The summed E-state index contributed by atoms with van der Waals surface area (Å²) < 4.78 is 18.6. The van der Waals surface area contributed by atoms with Gasteiger partial charge in [0, 0.05) is 25.2 Å². The molecule has 2 aliphatic rings. The van der Waals surface area contributed by atoms with Crippen LogP contribution in [0, 0.1) is 0 Å². The quantitative estimate of drug-likeness (QED) is 0.615. The molecule has 0 bridgehead atoms. The highest BCUT2D eigenvalue weighted by Crippen LogP contribution is 2.16. The molecule has 0 amide bonds. The van der Waals surface area contributed by atoms with Crippen molar-refractivity contribution in [2.75, 3.05) is 39.5 Å². The van der Waals surface area contributed by atoms with Gasteiger partial charge in [-0.2, -0.15) is 4.40 Å². The highest BCUT2D eigenvalue weighted by atomic mass is 32.2. The van der Waals surface area contributed by atoms with Crippen molar-refractivity contribution in [3.8, 4) is 0 Å². The van der Waals surface area contributed by atoms with E-state index in [1.54, 1.807) is 0 Å². The minimum absolute atomic E-state index is 0.0111. The first-order valence-corrected chi connectivity index (χ1v) is 8.10. The van der Waals surface area contributed by atoms with Crippen molar-refractivity contribution >= 4 is 18.0 Å². The fraction of sp³-hybridized carbons (Fsp3) is 0.923. The highest BCUT2D eigenvalue weighted by molar-refractivity contribution is 7.96. The Labute approximate surface area is 130 Å². The second-order valence-electron chi connectivity index (χ2n) is 6.26. The predicted molar refractivity (Wildman–Crippen MR) is 84.1 cm³/mol. The molecule has 1 fully saturated rings. The number of aliphatic hydroxyl groups excluding tert-OH is 1. The van der Waals surface area contributed by atoms with Crippen molar-refractivity contribution in [3.05, 3.63) is 0 Å². The maximum Gasteiger partial charge on any atom is 0.177 e. The molecule has 0 aromatic heterocycles. The summed E-state index contributed by atoms with van der Waals surface area (Å²) in [6.07, 6.45) is -0.806. The molecular formula is C13H26N4O3S. The first-order chi connectivity index (χ1) is 9.96. The van der Waals surface area contributed by atoms with Crippen molar-refractivity contribution in [3.63, 3.8) is 0 Å².